The van der Waals surface area contributed by atoms with Crippen LogP contribution in [0.5, 0.6) is 0 Å². The Kier molecular flexibility index (Phi) is 6.88. The van der Waals surface area contributed by atoms with Gasteiger partial charge in [-0.2, -0.15) is 0 Å². The van der Waals surface area contributed by atoms with Gasteiger partial charge in [0.1, 0.15) is 0 Å². The van der Waals surface area contributed by atoms with Gasteiger partial charge in [0.15, 0.2) is 0 Å². The predicted molar refractivity (Wildman–Crippen MR) is 74.7 cm³/mol. The minimum atomic E-state index is -1.75. The Morgan fingerprint density at radius 1 is 1.24 bits per heavy atom. The first-order valence-electron chi connectivity index (χ1n) is 5.76. The summed E-state index contributed by atoms with van der Waals surface area (Å²) in [6, 6.07) is 8.78. The summed E-state index contributed by atoms with van der Waals surface area (Å²) in [6.07, 6.45) is 0. The maximum atomic E-state index is 5.98. The normalized spacial score (nSPS) is 13.6. The van der Waals surface area contributed by atoms with Crippen molar-refractivity contribution in [3.63, 3.8) is 0 Å². The van der Waals surface area contributed by atoms with Crippen molar-refractivity contribution < 1.29 is 13.5 Å². The van der Waals surface area contributed by atoms with E-state index in [2.05, 4.69) is 43.9 Å². The Morgan fingerprint density at radius 3 is 2.35 bits per heavy atom. The summed E-state index contributed by atoms with van der Waals surface area (Å²) >= 11 is -1.75. The van der Waals surface area contributed by atoms with Crippen molar-refractivity contribution in [2.24, 2.45) is 0 Å². The number of halogens is 2. The summed E-state index contributed by atoms with van der Waals surface area (Å²) in [7, 11) is 12.0. The summed E-state index contributed by atoms with van der Waals surface area (Å²) in [5.74, 6) is 0. The van der Waals surface area contributed by atoms with Crippen LogP contribution in [0.4, 0.5) is 0 Å². The Morgan fingerprint density at radius 2 is 1.82 bits per heavy atom. The van der Waals surface area contributed by atoms with Crippen molar-refractivity contribution in [1.82, 2.24) is 4.90 Å². The van der Waals surface area contributed by atoms with Gasteiger partial charge in [-0.15, -0.1) is 0 Å². The van der Waals surface area contributed by atoms with Crippen LogP contribution in [0.15, 0.2) is 24.3 Å². The molecule has 0 amide bonds. The van der Waals surface area contributed by atoms with Crippen molar-refractivity contribution in [2.75, 3.05) is 13.1 Å². The molecule has 0 aromatic heterocycles. The molecule has 0 heterocycles. The molecule has 98 valence electrons. The van der Waals surface area contributed by atoms with Crippen LogP contribution in [0.25, 0.3) is 0 Å². The molecule has 0 radical (unpaired) electrons. The van der Waals surface area contributed by atoms with Gasteiger partial charge in [-0.3, -0.25) is 0 Å². The average molecular weight is 361 g/mol. The molecule has 1 aromatic carbocycles. The van der Waals surface area contributed by atoms with Crippen molar-refractivity contribution >= 4 is 24.0 Å². The third-order valence-corrected chi connectivity index (χ3v) is 4.83. The van der Waals surface area contributed by atoms with E-state index in [1.807, 2.05) is 10.7 Å². The molecule has 1 unspecified atom stereocenters. The molecule has 1 rings (SSSR count). The fourth-order valence-electron chi connectivity index (χ4n) is 2.04. The second kappa shape index (κ2) is 7.64. The molecule has 0 fully saturated rings. The average Bonchev–Trinajstić information content (AvgIpc) is 2.30. The Labute approximate surface area is 117 Å². The molecule has 0 aliphatic heterocycles. The number of hydrogen-bond donors (Lipinski definition) is 0. The number of benzene rings is 1. The van der Waals surface area contributed by atoms with E-state index in [0.717, 1.165) is 13.1 Å². The quantitative estimate of drug-likeness (QED) is 0.712. The van der Waals surface area contributed by atoms with E-state index < -0.39 is 13.5 Å². The minimum absolute atomic E-state index is 0.402. The van der Waals surface area contributed by atoms with Crippen LogP contribution in [0, 0.1) is 0 Å². The van der Waals surface area contributed by atoms with Gasteiger partial charge in [0.05, 0.1) is 0 Å². The SMILES string of the molecule is CCN(CC)C(C)c1ccccc1[CH]=[Ru]([Cl])[Cl]. The second-order valence-corrected chi connectivity index (χ2v) is 9.56. The van der Waals surface area contributed by atoms with Crippen LogP contribution in [-0.4, -0.2) is 22.6 Å². The van der Waals surface area contributed by atoms with Crippen LogP contribution in [0.1, 0.15) is 37.9 Å². The maximum absolute atomic E-state index is 5.98. The Hall–Kier alpha value is 0.253. The third-order valence-electron chi connectivity index (χ3n) is 2.99. The summed E-state index contributed by atoms with van der Waals surface area (Å²) in [6.45, 7) is 8.71. The van der Waals surface area contributed by atoms with Crippen molar-refractivity contribution in [3.8, 4) is 0 Å². The third kappa shape index (κ3) is 4.45. The summed E-state index contributed by atoms with van der Waals surface area (Å²) in [5.41, 5.74) is 2.51. The van der Waals surface area contributed by atoms with Gasteiger partial charge in [-0.05, 0) is 0 Å². The van der Waals surface area contributed by atoms with E-state index in [4.69, 9.17) is 19.4 Å². The standard InChI is InChI=1S/C13H19N.2ClH.Ru/c1-5-14(6-2)12(4)13-10-8-7-9-11(13)3;;;/h3,7-10,12H,5-6H2,1-2,4H3;2*1H;/q;;;+2/p-2. The van der Waals surface area contributed by atoms with E-state index >= 15 is 0 Å². The van der Waals surface area contributed by atoms with Crippen molar-refractivity contribution in [2.45, 2.75) is 26.8 Å². The van der Waals surface area contributed by atoms with Crippen LogP contribution < -0.4 is 0 Å². The molecule has 4 heteroatoms. The zero-order valence-electron chi connectivity index (χ0n) is 10.4. The predicted octanol–water partition coefficient (Wildman–Crippen LogP) is 4.17. The Balaban J connectivity index is 3.08. The van der Waals surface area contributed by atoms with Crippen LogP contribution >= 0.6 is 19.4 Å². The molecule has 0 aliphatic rings. The molecule has 1 nitrogen and oxygen atoms in total. The molecule has 0 aliphatic carbocycles. The molecular formula is C13H19Cl2NRu. The van der Waals surface area contributed by atoms with Gasteiger partial charge in [0.25, 0.3) is 0 Å². The van der Waals surface area contributed by atoms with Crippen LogP contribution in [-0.2, 0) is 13.5 Å². The molecule has 1 aromatic rings. The first kappa shape index (κ1) is 15.3. The second-order valence-electron chi connectivity index (χ2n) is 3.83. The molecule has 0 saturated heterocycles. The van der Waals surface area contributed by atoms with E-state index in [1.54, 1.807) is 0 Å². The zero-order chi connectivity index (χ0) is 12.8. The fourth-order valence-corrected chi connectivity index (χ4v) is 3.88. The van der Waals surface area contributed by atoms with Gasteiger partial charge < -0.3 is 0 Å². The fraction of sp³-hybridized carbons (Fsp3) is 0.462. The summed E-state index contributed by atoms with van der Waals surface area (Å²) in [5, 5.41) is 0. The molecule has 0 spiro atoms. The van der Waals surface area contributed by atoms with Crippen molar-refractivity contribution in [3.05, 3.63) is 35.4 Å². The number of rotatable bonds is 5. The summed E-state index contributed by atoms with van der Waals surface area (Å²) < 4.78 is 2.03. The van der Waals surface area contributed by atoms with Crippen LogP contribution in [0.3, 0.4) is 0 Å². The Bertz CT molecular complexity index is 385. The van der Waals surface area contributed by atoms with Gasteiger partial charge in [-0.1, -0.05) is 0 Å². The van der Waals surface area contributed by atoms with Gasteiger partial charge in [-0.25, -0.2) is 0 Å². The zero-order valence-corrected chi connectivity index (χ0v) is 13.7. The van der Waals surface area contributed by atoms with E-state index in [9.17, 15) is 0 Å². The molecule has 0 saturated carbocycles. The van der Waals surface area contributed by atoms with E-state index in [-0.39, 0.29) is 0 Å². The van der Waals surface area contributed by atoms with Gasteiger partial charge in [0.2, 0.25) is 0 Å². The van der Waals surface area contributed by atoms with Crippen molar-refractivity contribution in [1.29, 1.82) is 0 Å². The first-order chi connectivity index (χ1) is 8.10. The van der Waals surface area contributed by atoms with E-state index in [1.165, 1.54) is 11.1 Å². The summed E-state index contributed by atoms with van der Waals surface area (Å²) in [4.78, 5) is 2.42. The number of hydrogen-bond acceptors (Lipinski definition) is 1. The number of nitrogens with zero attached hydrogens (tertiary/aromatic N) is 1. The molecule has 0 N–H and O–H groups in total. The van der Waals surface area contributed by atoms with Gasteiger partial charge >= 0.3 is 118 Å². The first-order valence-corrected chi connectivity index (χ1v) is 11.2. The molecule has 0 bridgehead atoms. The molecular weight excluding hydrogens is 342 g/mol. The molecule has 1 atom stereocenters. The molecule has 17 heavy (non-hydrogen) atoms. The van der Waals surface area contributed by atoms with Crippen LogP contribution in [0.2, 0.25) is 0 Å². The monoisotopic (exact) mass is 361 g/mol. The van der Waals surface area contributed by atoms with E-state index in [0.29, 0.717) is 6.04 Å². The van der Waals surface area contributed by atoms with Gasteiger partial charge in [0, 0.05) is 0 Å². The topological polar surface area (TPSA) is 3.24 Å².